The van der Waals surface area contributed by atoms with Gasteiger partial charge in [0.15, 0.2) is 5.95 Å². The smallest absolute Gasteiger partial charge is 0.258 e. The Balaban J connectivity index is 2.23. The highest BCUT2D eigenvalue weighted by Crippen LogP contribution is 2.24. The number of hydrogen-bond acceptors (Lipinski definition) is 4. The molecule has 0 saturated heterocycles. The fraction of sp³-hybridized carbons (Fsp3) is 0.0952. The first-order valence-corrected chi connectivity index (χ1v) is 8.37. The SMILES string of the molecule is C=CC(=C\C=C(/N)F)/C(=C/C)c1ccc(NC(=O)c2cncc(F)c2C)nc1. The number of nitrogens with zero attached hydrogens (tertiary/aromatic N) is 2. The molecule has 0 fully saturated rings. The number of pyridine rings is 2. The fourth-order valence-electron chi connectivity index (χ4n) is 2.48. The molecule has 2 aromatic rings. The Labute approximate surface area is 162 Å². The van der Waals surface area contributed by atoms with Gasteiger partial charge in [-0.2, -0.15) is 4.39 Å². The van der Waals surface area contributed by atoms with Crippen molar-refractivity contribution >= 4 is 17.3 Å². The lowest BCUT2D eigenvalue weighted by Crippen LogP contribution is -2.15. The lowest BCUT2D eigenvalue weighted by molar-refractivity contribution is 0.102. The number of amides is 1. The minimum atomic E-state index is -0.812. The van der Waals surface area contributed by atoms with Gasteiger partial charge < -0.3 is 11.1 Å². The topological polar surface area (TPSA) is 80.9 Å². The van der Waals surface area contributed by atoms with Gasteiger partial charge in [0.1, 0.15) is 11.6 Å². The number of halogens is 2. The molecule has 2 aromatic heterocycles. The molecule has 144 valence electrons. The number of nitrogens with one attached hydrogen (secondary N) is 1. The van der Waals surface area contributed by atoms with Gasteiger partial charge in [-0.25, -0.2) is 9.37 Å². The molecule has 0 radical (unpaired) electrons. The van der Waals surface area contributed by atoms with Gasteiger partial charge in [-0.1, -0.05) is 18.7 Å². The Morgan fingerprint density at radius 1 is 1.25 bits per heavy atom. The van der Waals surface area contributed by atoms with Crippen molar-refractivity contribution in [3.63, 3.8) is 0 Å². The van der Waals surface area contributed by atoms with Crippen molar-refractivity contribution in [1.82, 2.24) is 9.97 Å². The van der Waals surface area contributed by atoms with Gasteiger partial charge in [0, 0.05) is 23.5 Å². The molecule has 0 unspecified atom stereocenters. The van der Waals surface area contributed by atoms with Crippen LogP contribution in [0.3, 0.4) is 0 Å². The van der Waals surface area contributed by atoms with Crippen LogP contribution in [0.5, 0.6) is 0 Å². The molecular formula is C21H20F2N4O. The van der Waals surface area contributed by atoms with Gasteiger partial charge in [-0.3, -0.25) is 9.78 Å². The number of carbonyl (C=O) groups excluding carboxylic acids is 1. The molecule has 0 aliphatic rings. The second kappa shape index (κ2) is 9.36. The molecule has 0 spiro atoms. The summed E-state index contributed by atoms with van der Waals surface area (Å²) in [7, 11) is 0. The third kappa shape index (κ3) is 4.97. The highest BCUT2D eigenvalue weighted by atomic mass is 19.1. The van der Waals surface area contributed by atoms with Crippen LogP contribution in [0.4, 0.5) is 14.6 Å². The standard InChI is InChI=1S/C21H20F2N4O/c1-4-14(6-8-19(23)24)16(5-2)15-7-9-20(26-10-15)27-21(28)17-11-25-12-18(22)13(17)3/h4-12H,1,24H2,2-3H3,(H,26,27,28)/b14-6+,16-5-,19-8-. The average molecular weight is 382 g/mol. The Bertz CT molecular complexity index is 972. The van der Waals surface area contributed by atoms with Crippen LogP contribution in [0.2, 0.25) is 0 Å². The Morgan fingerprint density at radius 2 is 2.00 bits per heavy atom. The summed E-state index contributed by atoms with van der Waals surface area (Å²) in [5, 5.41) is 2.61. The monoisotopic (exact) mass is 382 g/mol. The van der Waals surface area contributed by atoms with Crippen LogP contribution in [0.15, 0.2) is 73.1 Å². The summed E-state index contributed by atoms with van der Waals surface area (Å²) < 4.78 is 26.4. The summed E-state index contributed by atoms with van der Waals surface area (Å²) in [5.41, 5.74) is 7.53. The van der Waals surface area contributed by atoms with Crippen molar-refractivity contribution in [3.8, 4) is 0 Å². The van der Waals surface area contributed by atoms with Crippen molar-refractivity contribution in [3.05, 3.63) is 95.6 Å². The predicted octanol–water partition coefficient (Wildman–Crippen LogP) is 4.46. The maximum absolute atomic E-state index is 13.6. The zero-order valence-electron chi connectivity index (χ0n) is 15.5. The van der Waals surface area contributed by atoms with E-state index in [0.29, 0.717) is 11.4 Å². The fourth-order valence-corrected chi connectivity index (χ4v) is 2.48. The van der Waals surface area contributed by atoms with E-state index in [1.54, 1.807) is 24.4 Å². The van der Waals surface area contributed by atoms with Crippen LogP contribution in [0, 0.1) is 12.7 Å². The van der Waals surface area contributed by atoms with Crippen molar-refractivity contribution in [2.75, 3.05) is 5.32 Å². The largest absolute Gasteiger partial charge is 0.376 e. The summed E-state index contributed by atoms with van der Waals surface area (Å²) in [6.45, 7) is 7.05. The number of anilines is 1. The van der Waals surface area contributed by atoms with E-state index in [2.05, 4.69) is 21.9 Å². The second-order valence-corrected chi connectivity index (χ2v) is 5.76. The number of aromatic nitrogens is 2. The van der Waals surface area contributed by atoms with Gasteiger partial charge in [0.05, 0.1) is 11.8 Å². The third-order valence-corrected chi connectivity index (χ3v) is 3.96. The molecular weight excluding hydrogens is 362 g/mol. The summed E-state index contributed by atoms with van der Waals surface area (Å²) >= 11 is 0. The maximum Gasteiger partial charge on any atom is 0.258 e. The van der Waals surface area contributed by atoms with E-state index < -0.39 is 17.7 Å². The molecule has 7 heteroatoms. The van der Waals surface area contributed by atoms with E-state index in [9.17, 15) is 13.6 Å². The predicted molar refractivity (Wildman–Crippen MR) is 106 cm³/mol. The molecule has 2 rings (SSSR count). The molecule has 1 amide bonds. The van der Waals surface area contributed by atoms with Gasteiger partial charge in [-0.15, -0.1) is 0 Å². The quantitative estimate of drug-likeness (QED) is 0.571. The number of carbonyl (C=O) groups is 1. The molecule has 3 N–H and O–H groups in total. The Kier molecular flexibility index (Phi) is 6.92. The summed E-state index contributed by atoms with van der Waals surface area (Å²) in [4.78, 5) is 20.2. The lowest BCUT2D eigenvalue weighted by Gasteiger charge is -2.10. The van der Waals surface area contributed by atoms with Crippen LogP contribution in [-0.2, 0) is 0 Å². The minimum absolute atomic E-state index is 0.132. The number of nitrogens with two attached hydrogens (primary N) is 1. The van der Waals surface area contributed by atoms with Gasteiger partial charge >= 0.3 is 0 Å². The van der Waals surface area contributed by atoms with E-state index in [-0.39, 0.29) is 11.1 Å². The van der Waals surface area contributed by atoms with Gasteiger partial charge in [-0.05, 0) is 49.3 Å². The molecule has 0 bridgehead atoms. The summed E-state index contributed by atoms with van der Waals surface area (Å²) in [6, 6.07) is 3.35. The van der Waals surface area contributed by atoms with E-state index in [0.717, 1.165) is 23.4 Å². The molecule has 0 aliphatic heterocycles. The van der Waals surface area contributed by atoms with Crippen molar-refractivity contribution in [2.45, 2.75) is 13.8 Å². The van der Waals surface area contributed by atoms with E-state index in [1.165, 1.54) is 19.2 Å². The van der Waals surface area contributed by atoms with Crippen LogP contribution in [-0.4, -0.2) is 15.9 Å². The maximum atomic E-state index is 13.6. The minimum Gasteiger partial charge on any atom is -0.376 e. The number of hydrogen-bond donors (Lipinski definition) is 2. The molecule has 5 nitrogen and oxygen atoms in total. The van der Waals surface area contributed by atoms with Crippen LogP contribution in [0.25, 0.3) is 5.57 Å². The van der Waals surface area contributed by atoms with Gasteiger partial charge in [0.25, 0.3) is 5.91 Å². The average Bonchev–Trinajstić information content (AvgIpc) is 2.68. The molecule has 2 heterocycles. The first-order chi connectivity index (χ1) is 13.4. The summed E-state index contributed by atoms with van der Waals surface area (Å²) in [6.07, 6.45) is 9.95. The van der Waals surface area contributed by atoms with Crippen molar-refractivity contribution < 1.29 is 13.6 Å². The van der Waals surface area contributed by atoms with E-state index in [4.69, 9.17) is 5.73 Å². The highest BCUT2D eigenvalue weighted by molar-refractivity contribution is 6.04. The molecule has 0 aliphatic carbocycles. The van der Waals surface area contributed by atoms with Crippen molar-refractivity contribution in [1.29, 1.82) is 0 Å². The van der Waals surface area contributed by atoms with E-state index in [1.807, 2.05) is 13.0 Å². The zero-order valence-corrected chi connectivity index (χ0v) is 15.5. The zero-order chi connectivity index (χ0) is 20.7. The Morgan fingerprint density at radius 3 is 2.57 bits per heavy atom. The Hall–Kier alpha value is -3.61. The van der Waals surface area contributed by atoms with Crippen molar-refractivity contribution in [2.24, 2.45) is 5.73 Å². The first kappa shape index (κ1) is 20.7. The number of allylic oxidation sites excluding steroid dienone is 6. The molecule has 0 aromatic carbocycles. The first-order valence-electron chi connectivity index (χ1n) is 8.37. The molecule has 0 atom stereocenters. The highest BCUT2D eigenvalue weighted by Gasteiger charge is 2.13. The number of rotatable bonds is 6. The van der Waals surface area contributed by atoms with Crippen LogP contribution in [0.1, 0.15) is 28.4 Å². The molecule has 28 heavy (non-hydrogen) atoms. The molecule has 0 saturated carbocycles. The third-order valence-electron chi connectivity index (χ3n) is 3.96. The normalized spacial score (nSPS) is 12.6. The second-order valence-electron chi connectivity index (χ2n) is 5.76. The lowest BCUT2D eigenvalue weighted by atomic mass is 9.98. The van der Waals surface area contributed by atoms with Crippen LogP contribution >= 0.6 is 0 Å². The van der Waals surface area contributed by atoms with Gasteiger partial charge in [0.2, 0.25) is 0 Å². The van der Waals surface area contributed by atoms with Crippen LogP contribution < -0.4 is 11.1 Å². The van der Waals surface area contributed by atoms with E-state index >= 15 is 0 Å². The summed E-state index contributed by atoms with van der Waals surface area (Å²) in [5.74, 6) is -1.58.